The molecular weight excluding hydrogens is 501 g/mol. The Balaban J connectivity index is 0.00000272. The van der Waals surface area contributed by atoms with Crippen LogP contribution in [0.4, 0.5) is 5.69 Å². The van der Waals surface area contributed by atoms with E-state index in [-0.39, 0.29) is 42.2 Å². The smallest absolute Gasteiger partial charge is 0.266 e. The number of ketones is 1. The summed E-state index contributed by atoms with van der Waals surface area (Å²) in [6, 6.07) is 25.4. The van der Waals surface area contributed by atoms with Gasteiger partial charge < -0.3 is 5.32 Å². The Morgan fingerprint density at radius 1 is 0.903 bits per heavy atom. The molecule has 0 aliphatic rings. The van der Waals surface area contributed by atoms with Crippen LogP contribution in [0.2, 0.25) is 0 Å². The van der Waals surface area contributed by atoms with Gasteiger partial charge in [-0.05, 0) is 42.0 Å². The van der Waals surface area contributed by atoms with Crippen LogP contribution in [0.25, 0.3) is 11.0 Å². The number of nitrogens with zero attached hydrogens (tertiary/aromatic N) is 2. The zero-order valence-electron chi connectivity index (χ0n) is 17.3. The standard InChI is InChI=1S/C25H23N3O2.HI/c1-2-24(29)20-12-14-21(15-13-20)26-25(30)17-28-18-27(16-19-8-4-3-5-9-19)22-10-6-7-11-23(22)28;/h3-15,18H,2,16-17H2,1H3;1H/p+1. The molecule has 0 spiro atoms. The van der Waals surface area contributed by atoms with Gasteiger partial charge in [0, 0.05) is 17.7 Å². The molecule has 0 aliphatic carbocycles. The zero-order valence-corrected chi connectivity index (χ0v) is 19.7. The molecule has 1 heterocycles. The summed E-state index contributed by atoms with van der Waals surface area (Å²) in [6.45, 7) is 2.78. The number of amides is 1. The van der Waals surface area contributed by atoms with Crippen LogP contribution in [0.15, 0.2) is 85.2 Å². The number of anilines is 1. The van der Waals surface area contributed by atoms with Gasteiger partial charge in [-0.15, -0.1) is 24.0 Å². The second-order valence-electron chi connectivity index (χ2n) is 7.25. The number of fused-ring (bicyclic) bond motifs is 1. The van der Waals surface area contributed by atoms with Crippen molar-refractivity contribution >= 4 is 52.4 Å². The number of Topliss-reactive ketones (excluding diaryl/α,β-unsaturated/α-hetero) is 1. The highest BCUT2D eigenvalue weighted by Gasteiger charge is 2.18. The van der Waals surface area contributed by atoms with Gasteiger partial charge >= 0.3 is 0 Å². The Labute approximate surface area is 198 Å². The lowest BCUT2D eigenvalue weighted by molar-refractivity contribution is -0.663. The van der Waals surface area contributed by atoms with Crippen molar-refractivity contribution in [2.24, 2.45) is 0 Å². The second-order valence-corrected chi connectivity index (χ2v) is 7.25. The van der Waals surface area contributed by atoms with E-state index in [1.54, 1.807) is 24.3 Å². The van der Waals surface area contributed by atoms with Crippen LogP contribution in [0.3, 0.4) is 0 Å². The summed E-state index contributed by atoms with van der Waals surface area (Å²) >= 11 is 0. The molecule has 0 bridgehead atoms. The Bertz CT molecular complexity index is 1180. The predicted molar refractivity (Wildman–Crippen MR) is 133 cm³/mol. The van der Waals surface area contributed by atoms with Crippen molar-refractivity contribution in [3.05, 3.63) is 96.3 Å². The maximum Gasteiger partial charge on any atom is 0.266 e. The van der Waals surface area contributed by atoms with Crippen molar-refractivity contribution in [3.8, 4) is 0 Å². The number of nitrogens with one attached hydrogen (secondary N) is 1. The summed E-state index contributed by atoms with van der Waals surface area (Å²) in [6.07, 6.45) is 2.45. The predicted octanol–water partition coefficient (Wildman–Crippen LogP) is 4.83. The molecule has 1 aromatic heterocycles. The van der Waals surface area contributed by atoms with Crippen LogP contribution in [-0.2, 0) is 17.9 Å². The molecule has 6 heteroatoms. The van der Waals surface area contributed by atoms with E-state index in [0.29, 0.717) is 17.7 Å². The van der Waals surface area contributed by atoms with E-state index in [0.717, 1.165) is 17.6 Å². The van der Waals surface area contributed by atoms with Crippen LogP contribution in [0, 0.1) is 0 Å². The molecule has 0 aliphatic heterocycles. The molecule has 3 aromatic carbocycles. The molecule has 0 fully saturated rings. The largest absolute Gasteiger partial charge is 0.323 e. The summed E-state index contributed by atoms with van der Waals surface area (Å²) in [5.74, 6) is -0.0214. The van der Waals surface area contributed by atoms with E-state index in [1.807, 2.05) is 54.2 Å². The van der Waals surface area contributed by atoms with E-state index < -0.39 is 0 Å². The first-order valence-electron chi connectivity index (χ1n) is 10.1. The molecule has 0 saturated carbocycles. The van der Waals surface area contributed by atoms with Gasteiger partial charge in [-0.25, -0.2) is 9.13 Å². The normalized spacial score (nSPS) is 10.5. The van der Waals surface area contributed by atoms with E-state index in [4.69, 9.17) is 0 Å². The number of hydrogen-bond donors (Lipinski definition) is 1. The van der Waals surface area contributed by atoms with Gasteiger partial charge in [-0.3, -0.25) is 9.59 Å². The Kier molecular flexibility index (Phi) is 7.57. The highest BCUT2D eigenvalue weighted by molar-refractivity contribution is 14.0. The molecule has 5 nitrogen and oxygen atoms in total. The average Bonchev–Trinajstić information content (AvgIpc) is 3.11. The lowest BCUT2D eigenvalue weighted by Crippen LogP contribution is -2.33. The minimum absolute atomic E-state index is 0. The summed E-state index contributed by atoms with van der Waals surface area (Å²) in [5, 5.41) is 2.92. The SMILES string of the molecule is CCC(=O)c1ccc(NC(=O)Cn2c[n+](Cc3ccccc3)c3ccccc32)cc1.I. The fourth-order valence-electron chi connectivity index (χ4n) is 3.57. The zero-order chi connectivity index (χ0) is 20.9. The molecule has 158 valence electrons. The number of rotatable bonds is 7. The van der Waals surface area contributed by atoms with Crippen molar-refractivity contribution in [3.63, 3.8) is 0 Å². The number of hydrogen-bond acceptors (Lipinski definition) is 2. The number of carbonyl (C=O) groups is 2. The maximum absolute atomic E-state index is 12.7. The van der Waals surface area contributed by atoms with Gasteiger partial charge in [0.1, 0.15) is 6.54 Å². The van der Waals surface area contributed by atoms with Gasteiger partial charge in [0.15, 0.2) is 23.4 Å². The third-order valence-corrected chi connectivity index (χ3v) is 5.10. The molecule has 1 N–H and O–H groups in total. The van der Waals surface area contributed by atoms with Gasteiger partial charge in [0.25, 0.3) is 5.91 Å². The molecular formula is C25H25IN3O2+. The van der Waals surface area contributed by atoms with Crippen molar-refractivity contribution < 1.29 is 14.2 Å². The van der Waals surface area contributed by atoms with Crippen molar-refractivity contribution in [2.45, 2.75) is 26.4 Å². The lowest BCUT2D eigenvalue weighted by atomic mass is 10.1. The minimum Gasteiger partial charge on any atom is -0.323 e. The number of carbonyl (C=O) groups excluding carboxylic acids is 2. The quantitative estimate of drug-likeness (QED) is 0.213. The highest BCUT2D eigenvalue weighted by Crippen LogP contribution is 2.14. The van der Waals surface area contributed by atoms with Crippen molar-refractivity contribution in [1.29, 1.82) is 0 Å². The van der Waals surface area contributed by atoms with Crippen LogP contribution >= 0.6 is 24.0 Å². The first kappa shape index (κ1) is 22.7. The first-order chi connectivity index (χ1) is 14.6. The Morgan fingerprint density at radius 3 is 2.29 bits per heavy atom. The molecule has 0 unspecified atom stereocenters. The third kappa shape index (κ3) is 5.38. The Morgan fingerprint density at radius 2 is 1.58 bits per heavy atom. The van der Waals surface area contributed by atoms with E-state index in [9.17, 15) is 9.59 Å². The van der Waals surface area contributed by atoms with E-state index >= 15 is 0 Å². The van der Waals surface area contributed by atoms with E-state index in [2.05, 4.69) is 28.1 Å². The number of imidazole rings is 1. The van der Waals surface area contributed by atoms with Crippen LogP contribution in [-0.4, -0.2) is 16.3 Å². The first-order valence-corrected chi connectivity index (χ1v) is 10.1. The van der Waals surface area contributed by atoms with Gasteiger partial charge in [0.05, 0.1) is 0 Å². The molecule has 4 aromatic rings. The lowest BCUT2D eigenvalue weighted by Gasteiger charge is -2.05. The van der Waals surface area contributed by atoms with Crippen LogP contribution in [0.5, 0.6) is 0 Å². The molecule has 0 atom stereocenters. The second kappa shape index (κ2) is 10.3. The fraction of sp³-hybridized carbons (Fsp3) is 0.160. The van der Waals surface area contributed by atoms with Crippen molar-refractivity contribution in [1.82, 2.24) is 4.57 Å². The van der Waals surface area contributed by atoms with Gasteiger partial charge in [-0.2, -0.15) is 0 Å². The maximum atomic E-state index is 12.7. The minimum atomic E-state index is -0.114. The monoisotopic (exact) mass is 526 g/mol. The van der Waals surface area contributed by atoms with Crippen molar-refractivity contribution in [2.75, 3.05) is 5.32 Å². The Hall–Kier alpha value is -3.00. The molecule has 0 radical (unpaired) electrons. The highest BCUT2D eigenvalue weighted by atomic mass is 127. The van der Waals surface area contributed by atoms with Crippen LogP contribution in [0.1, 0.15) is 29.3 Å². The molecule has 0 saturated heterocycles. The fourth-order valence-corrected chi connectivity index (χ4v) is 3.57. The number of halogens is 1. The van der Waals surface area contributed by atoms with Crippen LogP contribution < -0.4 is 9.88 Å². The number of benzene rings is 3. The molecule has 1 amide bonds. The summed E-state index contributed by atoms with van der Waals surface area (Å²) in [5.41, 5.74) is 4.63. The number of para-hydroxylation sites is 2. The van der Waals surface area contributed by atoms with Gasteiger partial charge in [-0.1, -0.05) is 49.4 Å². The topological polar surface area (TPSA) is 55.0 Å². The third-order valence-electron chi connectivity index (χ3n) is 5.10. The number of aromatic nitrogens is 2. The molecule has 4 rings (SSSR count). The summed E-state index contributed by atoms with van der Waals surface area (Å²) < 4.78 is 4.12. The molecule has 31 heavy (non-hydrogen) atoms. The summed E-state index contributed by atoms with van der Waals surface area (Å²) in [7, 11) is 0. The van der Waals surface area contributed by atoms with Gasteiger partial charge in [0.2, 0.25) is 6.33 Å². The average molecular weight is 526 g/mol. The van der Waals surface area contributed by atoms with E-state index in [1.165, 1.54) is 5.56 Å². The summed E-state index contributed by atoms with van der Waals surface area (Å²) in [4.78, 5) is 24.4.